The van der Waals surface area contributed by atoms with E-state index in [1.54, 1.807) is 37.4 Å². The minimum Gasteiger partial charge on any atom is -0.496 e. The van der Waals surface area contributed by atoms with Gasteiger partial charge in [-0.15, -0.1) is 0 Å². The zero-order chi connectivity index (χ0) is 13.1. The minimum absolute atomic E-state index is 0.430. The molecule has 2 rings (SSSR count). The van der Waals surface area contributed by atoms with Crippen molar-refractivity contribution in [2.24, 2.45) is 5.73 Å². The van der Waals surface area contributed by atoms with Gasteiger partial charge in [0, 0.05) is 11.3 Å². The lowest BCUT2D eigenvalue weighted by molar-refractivity contribution is 0.100. The van der Waals surface area contributed by atoms with Crippen LogP contribution in [-0.2, 0) is 0 Å². The van der Waals surface area contributed by atoms with Crippen molar-refractivity contribution in [1.82, 2.24) is 0 Å². The molecular formula is C14H14N2O2. The van der Waals surface area contributed by atoms with Gasteiger partial charge in [-0.05, 0) is 29.8 Å². The Labute approximate surface area is 105 Å². The molecule has 0 aromatic heterocycles. The highest BCUT2D eigenvalue weighted by atomic mass is 16.5. The van der Waals surface area contributed by atoms with Crippen molar-refractivity contribution < 1.29 is 9.53 Å². The van der Waals surface area contributed by atoms with Crippen LogP contribution in [0.15, 0.2) is 42.5 Å². The van der Waals surface area contributed by atoms with Gasteiger partial charge < -0.3 is 16.2 Å². The first-order valence-electron chi connectivity index (χ1n) is 5.46. The van der Waals surface area contributed by atoms with Crippen molar-refractivity contribution >= 4 is 11.6 Å². The van der Waals surface area contributed by atoms with Crippen LogP contribution in [0.3, 0.4) is 0 Å². The fraction of sp³-hybridized carbons (Fsp3) is 0.0714. The molecule has 0 radical (unpaired) electrons. The fourth-order valence-electron chi connectivity index (χ4n) is 1.85. The van der Waals surface area contributed by atoms with E-state index in [2.05, 4.69) is 0 Å². The van der Waals surface area contributed by atoms with Gasteiger partial charge in [-0.3, -0.25) is 4.79 Å². The smallest absolute Gasteiger partial charge is 0.249 e. The van der Waals surface area contributed by atoms with Crippen molar-refractivity contribution in [3.8, 4) is 16.9 Å². The molecule has 0 heterocycles. The molecule has 0 aliphatic rings. The molecule has 0 fully saturated rings. The van der Waals surface area contributed by atoms with E-state index in [4.69, 9.17) is 16.2 Å². The van der Waals surface area contributed by atoms with Crippen molar-refractivity contribution in [3.63, 3.8) is 0 Å². The van der Waals surface area contributed by atoms with Crippen molar-refractivity contribution in [1.29, 1.82) is 0 Å². The second-order valence-corrected chi connectivity index (χ2v) is 3.87. The van der Waals surface area contributed by atoms with Crippen LogP contribution >= 0.6 is 0 Å². The Bertz CT molecular complexity index is 577. The maximum Gasteiger partial charge on any atom is 0.249 e. The second kappa shape index (κ2) is 4.79. The molecule has 0 aliphatic heterocycles. The van der Waals surface area contributed by atoms with Crippen LogP contribution in [0.2, 0.25) is 0 Å². The average Bonchev–Trinajstić information content (AvgIpc) is 2.38. The summed E-state index contributed by atoms with van der Waals surface area (Å²) < 4.78 is 5.28. The quantitative estimate of drug-likeness (QED) is 0.808. The van der Waals surface area contributed by atoms with Gasteiger partial charge in [0.1, 0.15) is 5.75 Å². The molecular weight excluding hydrogens is 228 g/mol. The number of hydrogen-bond acceptors (Lipinski definition) is 3. The van der Waals surface area contributed by atoms with Gasteiger partial charge in [0.15, 0.2) is 0 Å². The summed E-state index contributed by atoms with van der Waals surface area (Å²) in [6, 6.07) is 12.4. The summed E-state index contributed by atoms with van der Waals surface area (Å²) >= 11 is 0. The lowest BCUT2D eigenvalue weighted by Gasteiger charge is -2.12. The summed E-state index contributed by atoms with van der Waals surface area (Å²) in [6.45, 7) is 0. The Morgan fingerprint density at radius 3 is 2.33 bits per heavy atom. The number of nitrogen functional groups attached to an aromatic ring is 1. The van der Waals surface area contributed by atoms with Crippen molar-refractivity contribution in [2.75, 3.05) is 12.8 Å². The first-order valence-corrected chi connectivity index (χ1v) is 5.46. The molecule has 92 valence electrons. The lowest BCUT2D eigenvalue weighted by Crippen LogP contribution is -2.12. The summed E-state index contributed by atoms with van der Waals surface area (Å²) in [5, 5.41) is 0. The number of hydrogen-bond donors (Lipinski definition) is 2. The Morgan fingerprint density at radius 1 is 1.11 bits per heavy atom. The third kappa shape index (κ3) is 2.13. The zero-order valence-corrected chi connectivity index (χ0v) is 10.0. The molecule has 1 amide bonds. The number of carbonyl (C=O) groups excluding carboxylic acids is 1. The molecule has 0 saturated carbocycles. The highest BCUT2D eigenvalue weighted by molar-refractivity contribution is 6.01. The molecule has 0 atom stereocenters. The summed E-state index contributed by atoms with van der Waals surface area (Å²) in [7, 11) is 1.56. The summed E-state index contributed by atoms with van der Waals surface area (Å²) in [4.78, 5) is 11.5. The number of amides is 1. The number of rotatable bonds is 3. The maximum atomic E-state index is 11.5. The molecule has 2 aromatic rings. The number of carbonyl (C=O) groups is 1. The van der Waals surface area contributed by atoms with Crippen LogP contribution in [-0.4, -0.2) is 13.0 Å². The van der Waals surface area contributed by atoms with Gasteiger partial charge in [-0.25, -0.2) is 0 Å². The Morgan fingerprint density at radius 2 is 1.78 bits per heavy atom. The van der Waals surface area contributed by atoms with E-state index in [1.165, 1.54) is 0 Å². The molecule has 18 heavy (non-hydrogen) atoms. The lowest BCUT2D eigenvalue weighted by atomic mass is 9.98. The molecule has 0 unspecified atom stereocenters. The minimum atomic E-state index is -0.485. The van der Waals surface area contributed by atoms with Crippen molar-refractivity contribution in [2.45, 2.75) is 0 Å². The molecule has 0 bridgehead atoms. The van der Waals surface area contributed by atoms with E-state index in [0.717, 1.165) is 5.56 Å². The van der Waals surface area contributed by atoms with Gasteiger partial charge in [-0.1, -0.05) is 18.2 Å². The number of primary amides is 1. The van der Waals surface area contributed by atoms with Gasteiger partial charge in [0.2, 0.25) is 5.91 Å². The molecule has 4 nitrogen and oxygen atoms in total. The monoisotopic (exact) mass is 242 g/mol. The zero-order valence-electron chi connectivity index (χ0n) is 10.0. The van der Waals surface area contributed by atoms with Crippen LogP contribution in [0.5, 0.6) is 5.75 Å². The van der Waals surface area contributed by atoms with E-state index >= 15 is 0 Å². The van der Waals surface area contributed by atoms with Gasteiger partial charge in [0.25, 0.3) is 0 Å². The standard InChI is InChI=1S/C14H14N2O2/c1-18-12-4-2-3-11(14(16)17)13(12)9-5-7-10(15)8-6-9/h2-8H,15H2,1H3,(H2,16,17). The SMILES string of the molecule is COc1cccc(C(N)=O)c1-c1ccc(N)cc1. The van der Waals surface area contributed by atoms with Gasteiger partial charge >= 0.3 is 0 Å². The van der Waals surface area contributed by atoms with Gasteiger partial charge in [-0.2, -0.15) is 0 Å². The number of ether oxygens (including phenoxy) is 1. The Hall–Kier alpha value is -2.49. The predicted molar refractivity (Wildman–Crippen MR) is 71.4 cm³/mol. The van der Waals surface area contributed by atoms with Crippen LogP contribution in [0.4, 0.5) is 5.69 Å². The molecule has 0 spiro atoms. The number of anilines is 1. The fourth-order valence-corrected chi connectivity index (χ4v) is 1.85. The summed E-state index contributed by atoms with van der Waals surface area (Å²) in [5.74, 6) is 0.122. The highest BCUT2D eigenvalue weighted by Crippen LogP contribution is 2.33. The predicted octanol–water partition coefficient (Wildman–Crippen LogP) is 2.04. The van der Waals surface area contributed by atoms with E-state index < -0.39 is 5.91 Å². The highest BCUT2D eigenvalue weighted by Gasteiger charge is 2.14. The Balaban J connectivity index is 2.67. The van der Waals surface area contributed by atoms with Crippen LogP contribution in [0.25, 0.3) is 11.1 Å². The third-order valence-corrected chi connectivity index (χ3v) is 2.71. The molecule has 0 aliphatic carbocycles. The molecule has 2 aromatic carbocycles. The average molecular weight is 242 g/mol. The van der Waals surface area contributed by atoms with E-state index in [9.17, 15) is 4.79 Å². The molecule has 0 saturated heterocycles. The maximum absolute atomic E-state index is 11.5. The van der Waals surface area contributed by atoms with E-state index in [1.807, 2.05) is 12.1 Å². The molecule has 4 heteroatoms. The first kappa shape index (κ1) is 12.0. The number of methoxy groups -OCH3 is 1. The van der Waals surface area contributed by atoms with E-state index in [-0.39, 0.29) is 0 Å². The number of benzene rings is 2. The summed E-state index contributed by atoms with van der Waals surface area (Å²) in [5.41, 5.74) is 13.7. The largest absolute Gasteiger partial charge is 0.496 e. The van der Waals surface area contributed by atoms with Crippen LogP contribution in [0.1, 0.15) is 10.4 Å². The molecule has 4 N–H and O–H groups in total. The second-order valence-electron chi connectivity index (χ2n) is 3.87. The van der Waals surface area contributed by atoms with Gasteiger partial charge in [0.05, 0.1) is 12.7 Å². The topological polar surface area (TPSA) is 78.3 Å². The normalized spacial score (nSPS) is 10.1. The summed E-state index contributed by atoms with van der Waals surface area (Å²) in [6.07, 6.45) is 0. The van der Waals surface area contributed by atoms with Crippen LogP contribution in [0, 0.1) is 0 Å². The number of nitrogens with two attached hydrogens (primary N) is 2. The van der Waals surface area contributed by atoms with E-state index in [0.29, 0.717) is 22.6 Å². The van der Waals surface area contributed by atoms with Crippen molar-refractivity contribution in [3.05, 3.63) is 48.0 Å². The van der Waals surface area contributed by atoms with Crippen LogP contribution < -0.4 is 16.2 Å². The third-order valence-electron chi connectivity index (χ3n) is 2.71. The Kier molecular flexibility index (Phi) is 3.19. The first-order chi connectivity index (χ1) is 8.63.